The molecule has 1 aliphatic rings. The molecular formula is C17H15BrClNO. The average molecular weight is 365 g/mol. The minimum absolute atomic E-state index is 0.0281. The van der Waals surface area contributed by atoms with E-state index in [1.807, 2.05) is 48.2 Å². The first kappa shape index (κ1) is 14.6. The van der Waals surface area contributed by atoms with Gasteiger partial charge in [-0.1, -0.05) is 39.7 Å². The van der Waals surface area contributed by atoms with Crippen molar-refractivity contribution in [3.05, 3.63) is 68.1 Å². The fourth-order valence-electron chi connectivity index (χ4n) is 2.88. The molecule has 3 rings (SSSR count). The van der Waals surface area contributed by atoms with Gasteiger partial charge in [0.1, 0.15) is 0 Å². The molecule has 0 saturated carbocycles. The summed E-state index contributed by atoms with van der Waals surface area (Å²) in [5.74, 6) is 0.109. The summed E-state index contributed by atoms with van der Waals surface area (Å²) in [4.78, 5) is 14.6. The zero-order valence-corrected chi connectivity index (χ0v) is 14.2. The van der Waals surface area contributed by atoms with Crippen molar-refractivity contribution in [3.8, 4) is 0 Å². The number of carbonyl (C=O) groups excluding carboxylic acids is 1. The molecule has 0 spiro atoms. The van der Waals surface area contributed by atoms with E-state index in [0.29, 0.717) is 11.6 Å². The Morgan fingerprint density at radius 3 is 2.57 bits per heavy atom. The number of carbonyl (C=O) groups is 1. The third kappa shape index (κ3) is 2.60. The van der Waals surface area contributed by atoms with Gasteiger partial charge in [-0.25, -0.2) is 0 Å². The van der Waals surface area contributed by atoms with Crippen LogP contribution < -0.4 is 0 Å². The first-order valence-corrected chi connectivity index (χ1v) is 8.00. The molecule has 0 radical (unpaired) electrons. The predicted octanol–water partition coefficient (Wildman–Crippen LogP) is 5.13. The van der Waals surface area contributed by atoms with E-state index >= 15 is 0 Å². The van der Waals surface area contributed by atoms with Crippen LogP contribution in [0.3, 0.4) is 0 Å². The molecule has 21 heavy (non-hydrogen) atoms. The lowest BCUT2D eigenvalue weighted by Gasteiger charge is -2.24. The maximum atomic E-state index is 12.7. The molecule has 2 aromatic rings. The van der Waals surface area contributed by atoms with Crippen LogP contribution in [0.5, 0.6) is 0 Å². The molecule has 0 bridgehead atoms. The molecule has 0 unspecified atom stereocenters. The second-order valence-electron chi connectivity index (χ2n) is 5.42. The van der Waals surface area contributed by atoms with Gasteiger partial charge in [-0.05, 0) is 54.8 Å². The van der Waals surface area contributed by atoms with E-state index in [2.05, 4.69) is 22.9 Å². The Morgan fingerprint density at radius 2 is 1.90 bits per heavy atom. The molecule has 1 heterocycles. The van der Waals surface area contributed by atoms with Crippen LogP contribution in [0.4, 0.5) is 0 Å². The molecule has 2 aromatic carbocycles. The summed E-state index contributed by atoms with van der Waals surface area (Å²) in [6.45, 7) is 4.69. The van der Waals surface area contributed by atoms with Gasteiger partial charge >= 0.3 is 0 Å². The number of amides is 1. The summed E-state index contributed by atoms with van der Waals surface area (Å²) in [6, 6.07) is 11.7. The van der Waals surface area contributed by atoms with E-state index < -0.39 is 0 Å². The van der Waals surface area contributed by atoms with Crippen LogP contribution in [0.1, 0.15) is 40.0 Å². The van der Waals surface area contributed by atoms with Crippen molar-refractivity contribution in [2.75, 3.05) is 0 Å². The quantitative estimate of drug-likeness (QED) is 0.723. The number of hydrogen-bond acceptors (Lipinski definition) is 1. The van der Waals surface area contributed by atoms with E-state index in [1.54, 1.807) is 0 Å². The van der Waals surface area contributed by atoms with E-state index in [9.17, 15) is 4.79 Å². The first-order valence-electron chi connectivity index (χ1n) is 6.83. The van der Waals surface area contributed by atoms with Gasteiger partial charge in [-0.15, -0.1) is 0 Å². The lowest BCUT2D eigenvalue weighted by atomic mass is 10.0. The van der Waals surface area contributed by atoms with E-state index in [1.165, 1.54) is 0 Å². The summed E-state index contributed by atoms with van der Waals surface area (Å²) in [7, 11) is 0. The molecule has 0 N–H and O–H groups in total. The fourth-order valence-corrected chi connectivity index (χ4v) is 3.62. The zero-order valence-electron chi connectivity index (χ0n) is 11.9. The SMILES string of the molecule is Cc1cc(Br)cc2c1C(=O)N([C@@H](C)c1ccc(Cl)cc1)C2. The third-order valence-electron chi connectivity index (χ3n) is 4.02. The topological polar surface area (TPSA) is 20.3 Å². The Balaban J connectivity index is 1.94. The largest absolute Gasteiger partial charge is 0.328 e. The molecule has 1 aliphatic heterocycles. The summed E-state index contributed by atoms with van der Waals surface area (Å²) < 4.78 is 1.02. The number of nitrogens with zero attached hydrogens (tertiary/aromatic N) is 1. The van der Waals surface area contributed by atoms with Crippen LogP contribution in [0, 0.1) is 6.92 Å². The van der Waals surface area contributed by atoms with Gasteiger partial charge < -0.3 is 4.90 Å². The number of halogens is 2. The Morgan fingerprint density at radius 1 is 1.24 bits per heavy atom. The molecule has 0 saturated heterocycles. The van der Waals surface area contributed by atoms with E-state index in [-0.39, 0.29) is 11.9 Å². The number of rotatable bonds is 2. The Hall–Kier alpha value is -1.32. The monoisotopic (exact) mass is 363 g/mol. The van der Waals surface area contributed by atoms with Crippen molar-refractivity contribution < 1.29 is 4.79 Å². The van der Waals surface area contributed by atoms with Crippen molar-refractivity contribution in [3.63, 3.8) is 0 Å². The maximum Gasteiger partial charge on any atom is 0.255 e. The highest BCUT2D eigenvalue weighted by Crippen LogP contribution is 2.34. The number of hydrogen-bond donors (Lipinski definition) is 0. The Kier molecular flexibility index (Phi) is 3.80. The van der Waals surface area contributed by atoms with Crippen LogP contribution in [-0.4, -0.2) is 10.8 Å². The summed E-state index contributed by atoms with van der Waals surface area (Å²) in [5, 5.41) is 0.710. The van der Waals surface area contributed by atoms with Crippen molar-refractivity contribution in [1.29, 1.82) is 0 Å². The highest BCUT2D eigenvalue weighted by atomic mass is 79.9. The van der Waals surface area contributed by atoms with Crippen molar-refractivity contribution in [2.45, 2.75) is 26.4 Å². The van der Waals surface area contributed by atoms with Crippen LogP contribution in [0.15, 0.2) is 40.9 Å². The summed E-state index contributed by atoms with van der Waals surface area (Å²) in [5.41, 5.74) is 4.05. The van der Waals surface area contributed by atoms with Gasteiger partial charge in [0, 0.05) is 21.6 Å². The molecule has 4 heteroatoms. The molecular weight excluding hydrogens is 350 g/mol. The van der Waals surface area contributed by atoms with Gasteiger partial charge in [0.15, 0.2) is 0 Å². The van der Waals surface area contributed by atoms with E-state index in [4.69, 9.17) is 11.6 Å². The van der Waals surface area contributed by atoms with Crippen molar-refractivity contribution in [1.82, 2.24) is 4.90 Å². The lowest BCUT2D eigenvalue weighted by molar-refractivity contribution is 0.0715. The van der Waals surface area contributed by atoms with Crippen LogP contribution >= 0.6 is 27.5 Å². The molecule has 1 atom stereocenters. The Bertz CT molecular complexity index is 711. The summed E-state index contributed by atoms with van der Waals surface area (Å²) >= 11 is 9.43. The molecule has 108 valence electrons. The maximum absolute atomic E-state index is 12.7. The van der Waals surface area contributed by atoms with Crippen molar-refractivity contribution >= 4 is 33.4 Å². The highest BCUT2D eigenvalue weighted by Gasteiger charge is 2.32. The van der Waals surface area contributed by atoms with E-state index in [0.717, 1.165) is 26.7 Å². The van der Waals surface area contributed by atoms with Crippen LogP contribution in [0.25, 0.3) is 0 Å². The normalized spacial score (nSPS) is 15.2. The van der Waals surface area contributed by atoms with Crippen LogP contribution in [-0.2, 0) is 6.54 Å². The number of fused-ring (bicyclic) bond motifs is 1. The second-order valence-corrected chi connectivity index (χ2v) is 6.77. The molecule has 0 fully saturated rings. The minimum Gasteiger partial charge on any atom is -0.328 e. The first-order chi connectivity index (χ1) is 9.97. The fraction of sp³-hybridized carbons (Fsp3) is 0.235. The van der Waals surface area contributed by atoms with Gasteiger partial charge in [-0.2, -0.15) is 0 Å². The smallest absolute Gasteiger partial charge is 0.255 e. The van der Waals surface area contributed by atoms with Gasteiger partial charge in [0.2, 0.25) is 0 Å². The van der Waals surface area contributed by atoms with Crippen molar-refractivity contribution in [2.24, 2.45) is 0 Å². The zero-order chi connectivity index (χ0) is 15.1. The highest BCUT2D eigenvalue weighted by molar-refractivity contribution is 9.10. The van der Waals surface area contributed by atoms with Gasteiger partial charge in [-0.3, -0.25) is 4.79 Å². The summed E-state index contributed by atoms with van der Waals surface area (Å²) in [6.07, 6.45) is 0. The van der Waals surface area contributed by atoms with Gasteiger partial charge in [0.05, 0.1) is 6.04 Å². The molecule has 0 aromatic heterocycles. The minimum atomic E-state index is 0.0281. The molecule has 2 nitrogen and oxygen atoms in total. The third-order valence-corrected chi connectivity index (χ3v) is 4.73. The molecule has 1 amide bonds. The van der Waals surface area contributed by atoms with Crippen LogP contribution in [0.2, 0.25) is 5.02 Å². The van der Waals surface area contributed by atoms with Gasteiger partial charge in [0.25, 0.3) is 5.91 Å². The Labute approximate surface area is 137 Å². The number of aryl methyl sites for hydroxylation is 1. The molecule has 0 aliphatic carbocycles. The second kappa shape index (κ2) is 5.47. The lowest BCUT2D eigenvalue weighted by Crippen LogP contribution is -2.27. The standard InChI is InChI=1S/C17H15BrClNO/c1-10-7-14(18)8-13-9-20(17(21)16(10)13)11(2)12-3-5-15(19)6-4-12/h3-8,11H,9H2,1-2H3/t11-/m0/s1. The predicted molar refractivity (Wildman–Crippen MR) is 88.6 cm³/mol. The number of benzene rings is 2. The average Bonchev–Trinajstić information content (AvgIpc) is 2.76.